The molecule has 0 fully saturated rings. The van der Waals surface area contributed by atoms with Crippen molar-refractivity contribution >= 4 is 26.0 Å². The third-order valence-electron chi connectivity index (χ3n) is 2.97. The van der Waals surface area contributed by atoms with Gasteiger partial charge in [-0.1, -0.05) is 22.9 Å². The number of halogens is 2. The SMILES string of the molecule is CCN(Cc1ccncc1)S(=O)(=O)c1ccc(Br)cc1F. The van der Waals surface area contributed by atoms with E-state index in [9.17, 15) is 12.8 Å². The molecule has 112 valence electrons. The Morgan fingerprint density at radius 1 is 1.24 bits per heavy atom. The molecule has 0 aliphatic rings. The molecule has 0 atom stereocenters. The summed E-state index contributed by atoms with van der Waals surface area (Å²) in [4.78, 5) is 3.57. The molecule has 2 aromatic rings. The van der Waals surface area contributed by atoms with Gasteiger partial charge >= 0.3 is 0 Å². The highest BCUT2D eigenvalue weighted by atomic mass is 79.9. The number of aromatic nitrogens is 1. The minimum Gasteiger partial charge on any atom is -0.265 e. The van der Waals surface area contributed by atoms with E-state index in [2.05, 4.69) is 20.9 Å². The quantitative estimate of drug-likeness (QED) is 0.809. The Labute approximate surface area is 131 Å². The summed E-state index contributed by atoms with van der Waals surface area (Å²) in [5, 5.41) is 0. The van der Waals surface area contributed by atoms with Crippen molar-refractivity contribution in [2.45, 2.75) is 18.4 Å². The van der Waals surface area contributed by atoms with Crippen LogP contribution in [0, 0.1) is 5.82 Å². The third kappa shape index (κ3) is 3.66. The molecule has 0 saturated heterocycles. The molecule has 2 rings (SSSR count). The maximum absolute atomic E-state index is 13.9. The average molecular weight is 373 g/mol. The van der Waals surface area contributed by atoms with E-state index in [0.29, 0.717) is 4.47 Å². The van der Waals surface area contributed by atoms with Gasteiger partial charge in [-0.15, -0.1) is 0 Å². The van der Waals surface area contributed by atoms with Crippen LogP contribution in [0.5, 0.6) is 0 Å². The average Bonchev–Trinajstić information content (AvgIpc) is 2.45. The monoisotopic (exact) mass is 372 g/mol. The summed E-state index contributed by atoms with van der Waals surface area (Å²) in [6.45, 7) is 2.15. The molecule has 0 amide bonds. The number of rotatable bonds is 5. The van der Waals surface area contributed by atoms with E-state index < -0.39 is 15.8 Å². The van der Waals surface area contributed by atoms with E-state index in [1.807, 2.05) is 0 Å². The molecule has 1 aromatic carbocycles. The van der Waals surface area contributed by atoms with E-state index in [0.717, 1.165) is 11.6 Å². The van der Waals surface area contributed by atoms with E-state index in [1.54, 1.807) is 31.5 Å². The Hall–Kier alpha value is -1.31. The van der Waals surface area contributed by atoms with Crippen molar-refractivity contribution in [3.63, 3.8) is 0 Å². The summed E-state index contributed by atoms with van der Waals surface area (Å²) in [7, 11) is -3.88. The van der Waals surface area contributed by atoms with Crippen molar-refractivity contribution in [1.82, 2.24) is 9.29 Å². The van der Waals surface area contributed by atoms with Crippen molar-refractivity contribution in [2.75, 3.05) is 6.54 Å². The first-order valence-corrected chi connectivity index (χ1v) is 8.52. The number of benzene rings is 1. The number of nitrogens with zero attached hydrogens (tertiary/aromatic N) is 2. The van der Waals surface area contributed by atoms with Crippen LogP contribution in [0.1, 0.15) is 12.5 Å². The molecule has 0 saturated carbocycles. The van der Waals surface area contributed by atoms with Crippen molar-refractivity contribution in [1.29, 1.82) is 0 Å². The molecule has 7 heteroatoms. The maximum atomic E-state index is 13.9. The highest BCUT2D eigenvalue weighted by molar-refractivity contribution is 9.10. The third-order valence-corrected chi connectivity index (χ3v) is 5.42. The molecule has 0 spiro atoms. The zero-order valence-electron chi connectivity index (χ0n) is 11.3. The van der Waals surface area contributed by atoms with Crippen LogP contribution in [0.4, 0.5) is 4.39 Å². The molecule has 0 bridgehead atoms. The lowest BCUT2D eigenvalue weighted by Crippen LogP contribution is -2.31. The van der Waals surface area contributed by atoms with Gasteiger partial charge in [0.15, 0.2) is 0 Å². The smallest absolute Gasteiger partial charge is 0.246 e. The van der Waals surface area contributed by atoms with Crippen molar-refractivity contribution in [3.8, 4) is 0 Å². The molecule has 0 unspecified atom stereocenters. The molecular weight excluding hydrogens is 359 g/mol. The largest absolute Gasteiger partial charge is 0.265 e. The standard InChI is InChI=1S/C14H14BrFN2O2S/c1-2-18(10-11-5-7-17-8-6-11)21(19,20)14-4-3-12(15)9-13(14)16/h3-9H,2,10H2,1H3. The fourth-order valence-corrected chi connectivity index (χ4v) is 3.70. The summed E-state index contributed by atoms with van der Waals surface area (Å²) in [5.41, 5.74) is 0.799. The number of hydrogen-bond donors (Lipinski definition) is 0. The minimum absolute atomic E-state index is 0.177. The van der Waals surface area contributed by atoms with Gasteiger partial charge in [-0.25, -0.2) is 12.8 Å². The van der Waals surface area contributed by atoms with Crippen LogP contribution in [0.15, 0.2) is 52.1 Å². The summed E-state index contributed by atoms with van der Waals surface area (Å²) < 4.78 is 40.8. The fraction of sp³-hybridized carbons (Fsp3) is 0.214. The summed E-state index contributed by atoms with van der Waals surface area (Å²) in [6, 6.07) is 7.39. The Kier molecular flexibility index (Phi) is 5.08. The van der Waals surface area contributed by atoms with E-state index >= 15 is 0 Å². The normalized spacial score (nSPS) is 11.8. The van der Waals surface area contributed by atoms with E-state index in [-0.39, 0.29) is 18.0 Å². The molecule has 21 heavy (non-hydrogen) atoms. The van der Waals surface area contributed by atoms with Crippen LogP contribution in [-0.2, 0) is 16.6 Å². The Bertz CT molecular complexity index is 723. The molecule has 0 aliphatic carbocycles. The molecule has 1 heterocycles. The van der Waals surface area contributed by atoms with Crippen LogP contribution in [0.25, 0.3) is 0 Å². The van der Waals surface area contributed by atoms with Gasteiger partial charge in [-0.3, -0.25) is 4.98 Å². The molecule has 4 nitrogen and oxygen atoms in total. The maximum Gasteiger partial charge on any atom is 0.246 e. The van der Waals surface area contributed by atoms with Gasteiger partial charge in [0.05, 0.1) is 0 Å². The predicted octanol–water partition coefficient (Wildman–Crippen LogP) is 3.19. The summed E-state index contributed by atoms with van der Waals surface area (Å²) in [5.74, 6) is -0.766. The second-order valence-corrected chi connectivity index (χ2v) is 7.18. The van der Waals surface area contributed by atoms with Gasteiger partial charge in [0.25, 0.3) is 0 Å². The molecular formula is C14H14BrFN2O2S. The number of pyridine rings is 1. The van der Waals surface area contributed by atoms with Crippen LogP contribution < -0.4 is 0 Å². The highest BCUT2D eigenvalue weighted by Crippen LogP contribution is 2.23. The van der Waals surface area contributed by atoms with Crippen LogP contribution in [0.2, 0.25) is 0 Å². The molecule has 1 aromatic heterocycles. The number of hydrogen-bond acceptors (Lipinski definition) is 3. The van der Waals surface area contributed by atoms with Gasteiger partial charge in [-0.05, 0) is 35.9 Å². The van der Waals surface area contributed by atoms with Gasteiger partial charge in [-0.2, -0.15) is 4.31 Å². The lowest BCUT2D eigenvalue weighted by Gasteiger charge is -2.21. The van der Waals surface area contributed by atoms with Gasteiger partial charge in [0, 0.05) is 30.0 Å². The van der Waals surface area contributed by atoms with E-state index in [4.69, 9.17) is 0 Å². The molecule has 0 N–H and O–H groups in total. The Balaban J connectivity index is 2.36. The molecule has 0 aliphatic heterocycles. The second-order valence-electron chi connectivity index (χ2n) is 4.36. The Morgan fingerprint density at radius 2 is 1.90 bits per heavy atom. The second kappa shape index (κ2) is 6.64. The molecule has 0 radical (unpaired) electrons. The van der Waals surface area contributed by atoms with Crippen LogP contribution >= 0.6 is 15.9 Å². The van der Waals surface area contributed by atoms with E-state index in [1.165, 1.54) is 16.4 Å². The van der Waals surface area contributed by atoms with Crippen molar-refractivity contribution in [2.24, 2.45) is 0 Å². The van der Waals surface area contributed by atoms with Gasteiger partial charge < -0.3 is 0 Å². The van der Waals surface area contributed by atoms with Crippen molar-refractivity contribution < 1.29 is 12.8 Å². The van der Waals surface area contributed by atoms with Crippen LogP contribution in [0.3, 0.4) is 0 Å². The zero-order chi connectivity index (χ0) is 15.5. The first kappa shape index (κ1) is 16.1. The first-order valence-electron chi connectivity index (χ1n) is 6.29. The first-order chi connectivity index (χ1) is 9.95. The van der Waals surface area contributed by atoms with Gasteiger partial charge in [0.2, 0.25) is 10.0 Å². The lowest BCUT2D eigenvalue weighted by molar-refractivity contribution is 0.419. The minimum atomic E-state index is -3.88. The van der Waals surface area contributed by atoms with Crippen molar-refractivity contribution in [3.05, 3.63) is 58.6 Å². The zero-order valence-corrected chi connectivity index (χ0v) is 13.7. The lowest BCUT2D eigenvalue weighted by atomic mass is 10.3. The topological polar surface area (TPSA) is 50.3 Å². The fourth-order valence-electron chi connectivity index (χ4n) is 1.88. The number of sulfonamides is 1. The summed E-state index contributed by atoms with van der Waals surface area (Å²) >= 11 is 3.12. The highest BCUT2D eigenvalue weighted by Gasteiger charge is 2.26. The Morgan fingerprint density at radius 3 is 2.48 bits per heavy atom. The van der Waals surface area contributed by atoms with Gasteiger partial charge in [0.1, 0.15) is 10.7 Å². The van der Waals surface area contributed by atoms with Crippen LogP contribution in [-0.4, -0.2) is 24.3 Å². The summed E-state index contributed by atoms with van der Waals surface area (Å²) in [6.07, 6.45) is 3.19. The predicted molar refractivity (Wildman–Crippen MR) is 81.6 cm³/mol.